The average Bonchev–Trinajstić information content (AvgIpc) is 1.84. The second kappa shape index (κ2) is 4.15. The average molecular weight is 178 g/mol. The molecule has 1 fully saturated rings. The van der Waals surface area contributed by atoms with E-state index >= 15 is 0 Å². The van der Waals surface area contributed by atoms with Crippen molar-refractivity contribution in [3.05, 3.63) is 0 Å². The zero-order valence-corrected chi connectivity index (χ0v) is 7.43. The van der Waals surface area contributed by atoms with Crippen molar-refractivity contribution in [2.24, 2.45) is 0 Å². The van der Waals surface area contributed by atoms with Gasteiger partial charge in [0.15, 0.2) is 11.1 Å². The molecule has 1 rings (SSSR count). The van der Waals surface area contributed by atoms with Gasteiger partial charge < -0.3 is 9.87 Å². The van der Waals surface area contributed by atoms with Crippen LogP contribution in [0.15, 0.2) is 0 Å². The van der Waals surface area contributed by atoms with Crippen LogP contribution in [0.4, 0.5) is 0 Å². The third kappa shape index (κ3) is 2.86. The maximum Gasteiger partial charge on any atom is 0.154 e. The van der Waals surface area contributed by atoms with Crippen molar-refractivity contribution >= 4 is 11.1 Å². The molecule has 1 unspecified atom stereocenters. The molecule has 1 atom stereocenters. The van der Waals surface area contributed by atoms with Crippen molar-refractivity contribution < 1.29 is 8.76 Å². The van der Waals surface area contributed by atoms with Crippen LogP contribution in [0.3, 0.4) is 0 Å². The molecular weight excluding hydrogens is 164 g/mol. The Bertz CT molecular complexity index is 148. The molecule has 11 heavy (non-hydrogen) atoms. The Morgan fingerprint density at radius 2 is 2.36 bits per heavy atom. The first kappa shape index (κ1) is 9.12. The fourth-order valence-corrected chi connectivity index (χ4v) is 1.56. The first-order valence-corrected chi connectivity index (χ1v) is 4.97. The van der Waals surface area contributed by atoms with Gasteiger partial charge in [-0.2, -0.15) is 0 Å². The second-order valence-corrected chi connectivity index (χ2v) is 3.82. The predicted octanol–water partition coefficient (Wildman–Crippen LogP) is -0.888. The van der Waals surface area contributed by atoms with Crippen molar-refractivity contribution in [1.82, 2.24) is 10.2 Å². The van der Waals surface area contributed by atoms with Gasteiger partial charge in [0.25, 0.3) is 0 Å². The fraction of sp³-hybridized carbons (Fsp3) is 1.00. The SMILES string of the molecule is CNC1CN(CCS(=O)O)C1. The molecule has 4 nitrogen and oxygen atoms in total. The first-order chi connectivity index (χ1) is 5.22. The van der Waals surface area contributed by atoms with Gasteiger partial charge in [0, 0.05) is 25.7 Å². The van der Waals surface area contributed by atoms with Crippen LogP contribution in [-0.2, 0) is 11.1 Å². The summed E-state index contributed by atoms with van der Waals surface area (Å²) in [5.74, 6) is 0.371. The summed E-state index contributed by atoms with van der Waals surface area (Å²) >= 11 is -1.63. The Labute approximate surface area is 69.2 Å². The third-order valence-corrected chi connectivity index (χ3v) is 2.48. The molecule has 0 bridgehead atoms. The van der Waals surface area contributed by atoms with Gasteiger partial charge in [-0.05, 0) is 7.05 Å². The van der Waals surface area contributed by atoms with E-state index in [0.29, 0.717) is 11.8 Å². The number of likely N-dealkylation sites (tertiary alicyclic amines) is 1. The Hall–Kier alpha value is 0.0300. The minimum atomic E-state index is -1.63. The maximum absolute atomic E-state index is 10.3. The van der Waals surface area contributed by atoms with Crippen LogP contribution in [0.5, 0.6) is 0 Å². The van der Waals surface area contributed by atoms with Crippen LogP contribution in [0.1, 0.15) is 0 Å². The third-order valence-electron chi connectivity index (χ3n) is 1.95. The smallest absolute Gasteiger partial charge is 0.154 e. The summed E-state index contributed by atoms with van der Waals surface area (Å²) in [7, 11) is 1.94. The lowest BCUT2D eigenvalue weighted by Gasteiger charge is -2.38. The van der Waals surface area contributed by atoms with Crippen molar-refractivity contribution in [2.45, 2.75) is 6.04 Å². The Morgan fingerprint density at radius 1 is 1.73 bits per heavy atom. The van der Waals surface area contributed by atoms with E-state index < -0.39 is 11.1 Å². The molecule has 0 amide bonds. The zero-order valence-electron chi connectivity index (χ0n) is 6.62. The number of likely N-dealkylation sites (N-methyl/N-ethyl adjacent to an activating group) is 1. The quantitative estimate of drug-likeness (QED) is 0.548. The van der Waals surface area contributed by atoms with E-state index in [-0.39, 0.29) is 0 Å². The molecule has 1 heterocycles. The van der Waals surface area contributed by atoms with E-state index in [1.54, 1.807) is 0 Å². The highest BCUT2D eigenvalue weighted by Crippen LogP contribution is 2.05. The molecule has 66 valence electrons. The van der Waals surface area contributed by atoms with Crippen molar-refractivity contribution in [2.75, 3.05) is 32.4 Å². The molecule has 0 aliphatic carbocycles. The van der Waals surface area contributed by atoms with E-state index in [1.165, 1.54) is 0 Å². The van der Waals surface area contributed by atoms with Crippen molar-refractivity contribution in [1.29, 1.82) is 0 Å². The second-order valence-electron chi connectivity index (χ2n) is 2.77. The van der Waals surface area contributed by atoms with Gasteiger partial charge in [0.05, 0.1) is 5.75 Å². The molecule has 0 saturated carbocycles. The summed E-state index contributed by atoms with van der Waals surface area (Å²) in [4.78, 5) is 2.16. The molecule has 1 aliphatic rings. The van der Waals surface area contributed by atoms with Crippen LogP contribution in [0, 0.1) is 0 Å². The summed E-state index contributed by atoms with van der Waals surface area (Å²) in [6.07, 6.45) is 0. The number of rotatable bonds is 4. The molecular formula is C6H14N2O2S. The van der Waals surface area contributed by atoms with E-state index in [0.717, 1.165) is 19.6 Å². The lowest BCUT2D eigenvalue weighted by molar-refractivity contribution is 0.141. The molecule has 1 saturated heterocycles. The molecule has 0 aromatic heterocycles. The van der Waals surface area contributed by atoms with Crippen LogP contribution in [0.2, 0.25) is 0 Å². The summed E-state index contributed by atoms with van der Waals surface area (Å²) in [6.45, 7) is 2.75. The van der Waals surface area contributed by atoms with E-state index in [1.807, 2.05) is 7.05 Å². The van der Waals surface area contributed by atoms with Crippen LogP contribution < -0.4 is 5.32 Å². The lowest BCUT2D eigenvalue weighted by atomic mass is 10.1. The highest BCUT2D eigenvalue weighted by atomic mass is 32.2. The van der Waals surface area contributed by atoms with Gasteiger partial charge in [-0.1, -0.05) is 0 Å². The monoisotopic (exact) mass is 178 g/mol. The molecule has 2 N–H and O–H groups in total. The van der Waals surface area contributed by atoms with Crippen LogP contribution in [-0.4, -0.2) is 52.1 Å². The highest BCUT2D eigenvalue weighted by Gasteiger charge is 2.24. The molecule has 0 radical (unpaired) electrons. The normalized spacial score (nSPS) is 23.1. The maximum atomic E-state index is 10.3. The zero-order chi connectivity index (χ0) is 8.27. The highest BCUT2D eigenvalue weighted by molar-refractivity contribution is 7.79. The van der Waals surface area contributed by atoms with Gasteiger partial charge in [-0.25, -0.2) is 4.21 Å². The molecule has 0 aromatic carbocycles. The minimum Gasteiger partial charge on any atom is -0.315 e. The number of nitrogens with one attached hydrogen (secondary N) is 1. The predicted molar refractivity (Wildman–Crippen MR) is 44.9 cm³/mol. The number of nitrogens with zero attached hydrogens (tertiary/aromatic N) is 1. The summed E-state index contributed by atoms with van der Waals surface area (Å²) < 4.78 is 18.7. The molecule has 1 aliphatic heterocycles. The lowest BCUT2D eigenvalue weighted by Crippen LogP contribution is -2.57. The number of hydrogen-bond acceptors (Lipinski definition) is 3. The van der Waals surface area contributed by atoms with Gasteiger partial charge in [-0.15, -0.1) is 0 Å². The van der Waals surface area contributed by atoms with E-state index in [9.17, 15) is 4.21 Å². The number of hydrogen-bond donors (Lipinski definition) is 2. The minimum absolute atomic E-state index is 0.371. The summed E-state index contributed by atoms with van der Waals surface area (Å²) in [5.41, 5.74) is 0. The fourth-order valence-electron chi connectivity index (χ4n) is 1.14. The first-order valence-electron chi connectivity index (χ1n) is 3.69. The standard InChI is InChI=1S/C6H14N2O2S/c1-7-6-4-8(5-6)2-3-11(9)10/h6-7H,2-5H2,1H3,(H,9,10). The van der Waals surface area contributed by atoms with Gasteiger partial charge >= 0.3 is 0 Å². The molecule has 0 aromatic rings. The molecule has 0 spiro atoms. The van der Waals surface area contributed by atoms with Crippen LogP contribution >= 0.6 is 0 Å². The Morgan fingerprint density at radius 3 is 2.82 bits per heavy atom. The summed E-state index contributed by atoms with van der Waals surface area (Å²) in [5, 5.41) is 3.14. The Kier molecular flexibility index (Phi) is 3.45. The summed E-state index contributed by atoms with van der Waals surface area (Å²) in [6, 6.07) is 0.585. The van der Waals surface area contributed by atoms with Crippen molar-refractivity contribution in [3.8, 4) is 0 Å². The topological polar surface area (TPSA) is 52.6 Å². The Balaban J connectivity index is 2.00. The van der Waals surface area contributed by atoms with E-state index in [2.05, 4.69) is 10.2 Å². The van der Waals surface area contributed by atoms with E-state index in [4.69, 9.17) is 4.55 Å². The largest absolute Gasteiger partial charge is 0.315 e. The van der Waals surface area contributed by atoms with Gasteiger partial charge in [0.1, 0.15) is 0 Å². The van der Waals surface area contributed by atoms with Gasteiger partial charge in [0.2, 0.25) is 0 Å². The van der Waals surface area contributed by atoms with Gasteiger partial charge in [-0.3, -0.25) is 4.90 Å². The van der Waals surface area contributed by atoms with Crippen molar-refractivity contribution in [3.63, 3.8) is 0 Å². The van der Waals surface area contributed by atoms with Crippen LogP contribution in [0.25, 0.3) is 0 Å². The molecule has 5 heteroatoms.